The summed E-state index contributed by atoms with van der Waals surface area (Å²) in [4.78, 5) is 12.7. The van der Waals surface area contributed by atoms with Crippen molar-refractivity contribution in [1.29, 1.82) is 0 Å². The van der Waals surface area contributed by atoms with Crippen LogP contribution >= 0.6 is 11.6 Å². The van der Waals surface area contributed by atoms with Crippen LogP contribution in [0.4, 0.5) is 11.4 Å². The van der Waals surface area contributed by atoms with Gasteiger partial charge in [0.05, 0.1) is 16.5 Å². The summed E-state index contributed by atoms with van der Waals surface area (Å²) < 4.78 is 60.6. The van der Waals surface area contributed by atoms with Crippen molar-refractivity contribution in [2.45, 2.75) is 29.6 Å². The van der Waals surface area contributed by atoms with E-state index >= 15 is 0 Å². The second kappa shape index (κ2) is 11.1. The van der Waals surface area contributed by atoms with E-state index in [1.54, 1.807) is 24.3 Å². The molecule has 1 saturated heterocycles. The Hall–Kier alpha value is -3.12. The molecule has 0 spiro atoms. The van der Waals surface area contributed by atoms with E-state index in [1.165, 1.54) is 46.8 Å². The summed E-state index contributed by atoms with van der Waals surface area (Å²) in [5, 5.41) is 2.69. The van der Waals surface area contributed by atoms with Gasteiger partial charge in [-0.2, -0.15) is 4.31 Å². The average Bonchev–Trinajstić information content (AvgIpc) is 3.42. The molecule has 0 radical (unpaired) electrons. The third-order valence-electron chi connectivity index (χ3n) is 5.72. The third kappa shape index (κ3) is 6.24. The van der Waals surface area contributed by atoms with Crippen molar-refractivity contribution in [3.63, 3.8) is 0 Å². The first kappa shape index (κ1) is 26.9. The Morgan fingerprint density at radius 2 is 1.54 bits per heavy atom. The van der Waals surface area contributed by atoms with Crippen molar-refractivity contribution in [3.8, 4) is 5.75 Å². The summed E-state index contributed by atoms with van der Waals surface area (Å²) in [5.41, 5.74) is 0.822. The van der Waals surface area contributed by atoms with Crippen LogP contribution in [-0.2, 0) is 20.0 Å². The van der Waals surface area contributed by atoms with Crippen LogP contribution in [-0.4, -0.2) is 46.7 Å². The predicted molar refractivity (Wildman–Crippen MR) is 142 cm³/mol. The van der Waals surface area contributed by atoms with Gasteiger partial charge in [0.1, 0.15) is 10.6 Å². The molecule has 3 aromatic carbocycles. The summed E-state index contributed by atoms with van der Waals surface area (Å²) in [5.74, 6) is 0.0738. The first-order valence-corrected chi connectivity index (χ1v) is 14.9. The lowest BCUT2D eigenvalue weighted by Gasteiger charge is -2.17. The monoisotopic (exact) mass is 563 g/mol. The van der Waals surface area contributed by atoms with E-state index in [0.717, 1.165) is 12.8 Å². The van der Waals surface area contributed by atoms with E-state index < -0.39 is 26.0 Å². The summed E-state index contributed by atoms with van der Waals surface area (Å²) in [6.45, 7) is 3.19. The molecule has 1 aliphatic rings. The molecule has 2 N–H and O–H groups in total. The quantitative estimate of drug-likeness (QED) is 0.393. The largest absolute Gasteiger partial charge is 0.494 e. The molecule has 37 heavy (non-hydrogen) atoms. The van der Waals surface area contributed by atoms with Crippen molar-refractivity contribution in [2.24, 2.45) is 0 Å². The molecule has 0 aromatic heterocycles. The minimum atomic E-state index is -3.86. The fourth-order valence-electron chi connectivity index (χ4n) is 3.83. The van der Waals surface area contributed by atoms with E-state index in [-0.39, 0.29) is 20.4 Å². The van der Waals surface area contributed by atoms with Gasteiger partial charge < -0.3 is 10.1 Å². The van der Waals surface area contributed by atoms with Crippen LogP contribution < -0.4 is 14.8 Å². The maximum Gasteiger partial charge on any atom is 0.261 e. The average molecular weight is 564 g/mol. The van der Waals surface area contributed by atoms with Crippen LogP contribution in [0, 0.1) is 0 Å². The number of rotatable bonds is 9. The molecule has 12 heteroatoms. The summed E-state index contributed by atoms with van der Waals surface area (Å²) in [6, 6.07) is 16.2. The number of benzene rings is 3. The molecule has 0 atom stereocenters. The lowest BCUT2D eigenvalue weighted by atomic mass is 10.2. The molecule has 1 heterocycles. The van der Waals surface area contributed by atoms with Gasteiger partial charge in [0, 0.05) is 30.0 Å². The fraction of sp³-hybridized carbons (Fsp3) is 0.240. The van der Waals surface area contributed by atoms with Gasteiger partial charge in [0.2, 0.25) is 10.0 Å². The maximum absolute atomic E-state index is 12.9. The van der Waals surface area contributed by atoms with Gasteiger partial charge >= 0.3 is 0 Å². The number of carbonyl (C=O) groups excluding carboxylic acids is 1. The lowest BCUT2D eigenvalue weighted by Crippen LogP contribution is -2.28. The van der Waals surface area contributed by atoms with E-state index in [1.807, 2.05) is 6.92 Å². The number of amides is 1. The Balaban J connectivity index is 1.46. The molecular formula is C25H26ClN3O6S2. The number of carbonyl (C=O) groups is 1. The molecule has 1 aliphatic heterocycles. The number of nitrogens with zero attached hydrogens (tertiary/aromatic N) is 1. The summed E-state index contributed by atoms with van der Waals surface area (Å²) in [6.07, 6.45) is 1.55. The molecule has 3 aromatic rings. The van der Waals surface area contributed by atoms with Crippen molar-refractivity contribution in [3.05, 3.63) is 77.3 Å². The van der Waals surface area contributed by atoms with Crippen LogP contribution in [0.3, 0.4) is 0 Å². The van der Waals surface area contributed by atoms with Gasteiger partial charge in [-0.25, -0.2) is 16.8 Å². The van der Waals surface area contributed by atoms with Crippen LogP contribution in [0.1, 0.15) is 30.1 Å². The lowest BCUT2D eigenvalue weighted by molar-refractivity contribution is 0.102. The molecule has 0 bridgehead atoms. The molecule has 1 fully saturated rings. The highest BCUT2D eigenvalue weighted by atomic mass is 35.5. The highest BCUT2D eigenvalue weighted by Gasteiger charge is 2.29. The Morgan fingerprint density at radius 3 is 2.16 bits per heavy atom. The topological polar surface area (TPSA) is 122 Å². The van der Waals surface area contributed by atoms with E-state index in [0.29, 0.717) is 36.8 Å². The van der Waals surface area contributed by atoms with Crippen LogP contribution in [0.15, 0.2) is 76.5 Å². The minimum absolute atomic E-state index is 0.00451. The van der Waals surface area contributed by atoms with E-state index in [2.05, 4.69) is 10.0 Å². The van der Waals surface area contributed by atoms with Gasteiger partial charge in [-0.3, -0.25) is 9.52 Å². The summed E-state index contributed by atoms with van der Waals surface area (Å²) in [7, 11) is -7.67. The Kier molecular flexibility index (Phi) is 8.08. The Morgan fingerprint density at radius 1 is 0.919 bits per heavy atom. The SMILES string of the molecule is CCOc1ccc(NS(=O)(=O)c2ccc(NC(=O)c3ccc(Cl)c(S(=O)(=O)N4CCCC4)c3)cc2)cc1. The highest BCUT2D eigenvalue weighted by Crippen LogP contribution is 2.28. The zero-order chi connectivity index (χ0) is 26.6. The molecule has 0 saturated carbocycles. The van der Waals surface area contributed by atoms with Gasteiger partial charge in [0.15, 0.2) is 0 Å². The smallest absolute Gasteiger partial charge is 0.261 e. The van der Waals surface area contributed by atoms with Crippen LogP contribution in [0.2, 0.25) is 5.02 Å². The van der Waals surface area contributed by atoms with Crippen LogP contribution in [0.25, 0.3) is 0 Å². The number of halogens is 1. The first-order chi connectivity index (χ1) is 17.6. The van der Waals surface area contributed by atoms with Crippen LogP contribution in [0.5, 0.6) is 5.75 Å². The standard InChI is InChI=1S/C25H26ClN3O6S2/c1-2-35-21-10-6-20(7-11-21)28-36(31,32)22-12-8-19(9-13-22)27-25(30)18-5-14-23(26)24(17-18)37(33,34)29-15-3-4-16-29/h5-14,17,28H,2-4,15-16H2,1H3,(H,27,30). The zero-order valence-electron chi connectivity index (χ0n) is 20.0. The zero-order valence-corrected chi connectivity index (χ0v) is 22.4. The number of hydrogen-bond donors (Lipinski definition) is 2. The summed E-state index contributed by atoms with van der Waals surface area (Å²) >= 11 is 6.16. The fourth-order valence-corrected chi connectivity index (χ4v) is 6.91. The Labute approximate surface area is 221 Å². The number of ether oxygens (including phenoxy) is 1. The van der Waals surface area contributed by atoms with Crippen molar-refractivity contribution in [2.75, 3.05) is 29.7 Å². The van der Waals surface area contributed by atoms with Gasteiger partial charge in [-0.05, 0) is 86.5 Å². The maximum atomic E-state index is 12.9. The normalized spacial score (nSPS) is 14.3. The van der Waals surface area contributed by atoms with Crippen molar-refractivity contribution < 1.29 is 26.4 Å². The second-order valence-corrected chi connectivity index (χ2v) is 12.3. The molecule has 4 rings (SSSR count). The third-order valence-corrected chi connectivity index (χ3v) is 9.49. The molecule has 1 amide bonds. The van der Waals surface area contributed by atoms with E-state index in [4.69, 9.17) is 16.3 Å². The van der Waals surface area contributed by atoms with Crippen molar-refractivity contribution in [1.82, 2.24) is 4.31 Å². The van der Waals surface area contributed by atoms with Crippen molar-refractivity contribution >= 4 is 48.9 Å². The molecule has 196 valence electrons. The number of sulfonamides is 2. The number of hydrogen-bond acceptors (Lipinski definition) is 6. The van der Waals surface area contributed by atoms with Gasteiger partial charge in [0.25, 0.3) is 15.9 Å². The predicted octanol–water partition coefficient (Wildman–Crippen LogP) is 4.58. The minimum Gasteiger partial charge on any atom is -0.494 e. The number of anilines is 2. The second-order valence-electron chi connectivity index (χ2n) is 8.30. The Bertz CT molecular complexity index is 1490. The highest BCUT2D eigenvalue weighted by molar-refractivity contribution is 7.92. The first-order valence-electron chi connectivity index (χ1n) is 11.6. The van der Waals surface area contributed by atoms with Gasteiger partial charge in [-0.1, -0.05) is 11.6 Å². The molecule has 0 unspecified atom stereocenters. The number of nitrogens with one attached hydrogen (secondary N) is 2. The van der Waals surface area contributed by atoms with E-state index in [9.17, 15) is 21.6 Å². The van der Waals surface area contributed by atoms with Gasteiger partial charge in [-0.15, -0.1) is 0 Å². The molecular weight excluding hydrogens is 538 g/mol. The molecule has 0 aliphatic carbocycles. The molecule has 9 nitrogen and oxygen atoms in total.